The predicted octanol–water partition coefficient (Wildman–Crippen LogP) is 4.13. The second-order valence-corrected chi connectivity index (χ2v) is 6.36. The van der Waals surface area contributed by atoms with E-state index in [0.717, 1.165) is 10.6 Å². The largest absolute Gasteiger partial charge is 0.492 e. The quantitative estimate of drug-likeness (QED) is 0.520. The summed E-state index contributed by atoms with van der Waals surface area (Å²) in [6, 6.07) is 24.1. The van der Waals surface area contributed by atoms with Crippen molar-refractivity contribution < 1.29 is 9.53 Å². The third-order valence-corrected chi connectivity index (χ3v) is 4.52. The van der Waals surface area contributed by atoms with E-state index in [9.17, 15) is 4.79 Å². The van der Waals surface area contributed by atoms with Gasteiger partial charge in [-0.2, -0.15) is 0 Å². The molecule has 122 valence electrons. The molecule has 3 aromatic carbocycles. The van der Waals surface area contributed by atoms with Gasteiger partial charge in [0.25, 0.3) is 0 Å². The van der Waals surface area contributed by atoms with Crippen LogP contribution in [0.1, 0.15) is 0 Å². The molecule has 24 heavy (non-hydrogen) atoms. The second kappa shape index (κ2) is 8.41. The van der Waals surface area contributed by atoms with Crippen molar-refractivity contribution >= 4 is 28.4 Å². The molecule has 3 rings (SSSR count). The number of para-hydroxylation sites is 1. The van der Waals surface area contributed by atoms with Crippen LogP contribution in [0.4, 0.5) is 0 Å². The Balaban J connectivity index is 1.40. The Morgan fingerprint density at radius 3 is 2.50 bits per heavy atom. The molecule has 0 aromatic heterocycles. The molecule has 0 aliphatic heterocycles. The van der Waals surface area contributed by atoms with Gasteiger partial charge in [-0.05, 0) is 35.0 Å². The SMILES string of the molecule is O=C(CSc1ccc2ccccc2c1)NCCOc1ccccc1. The predicted molar refractivity (Wildman–Crippen MR) is 99.6 cm³/mol. The summed E-state index contributed by atoms with van der Waals surface area (Å²) in [5, 5.41) is 5.28. The molecule has 1 amide bonds. The Kier molecular flexibility index (Phi) is 5.75. The molecule has 0 fully saturated rings. The molecule has 0 aliphatic carbocycles. The normalized spacial score (nSPS) is 10.5. The molecular formula is C20H19NO2S. The number of hydrogen-bond donors (Lipinski definition) is 1. The van der Waals surface area contributed by atoms with E-state index in [-0.39, 0.29) is 5.91 Å². The lowest BCUT2D eigenvalue weighted by Gasteiger charge is -2.08. The van der Waals surface area contributed by atoms with Crippen molar-refractivity contribution in [3.63, 3.8) is 0 Å². The summed E-state index contributed by atoms with van der Waals surface area (Å²) in [7, 11) is 0. The van der Waals surface area contributed by atoms with E-state index < -0.39 is 0 Å². The Morgan fingerprint density at radius 2 is 1.67 bits per heavy atom. The summed E-state index contributed by atoms with van der Waals surface area (Å²) < 4.78 is 5.55. The molecule has 3 aromatic rings. The first-order valence-electron chi connectivity index (χ1n) is 7.87. The molecule has 0 unspecified atom stereocenters. The van der Waals surface area contributed by atoms with Crippen LogP contribution in [-0.2, 0) is 4.79 Å². The highest BCUT2D eigenvalue weighted by Crippen LogP contribution is 2.23. The minimum Gasteiger partial charge on any atom is -0.492 e. The minimum absolute atomic E-state index is 0.0184. The number of ether oxygens (including phenoxy) is 1. The number of fused-ring (bicyclic) bond motifs is 1. The van der Waals surface area contributed by atoms with Gasteiger partial charge in [-0.15, -0.1) is 11.8 Å². The molecule has 4 heteroatoms. The van der Waals surface area contributed by atoms with E-state index in [1.54, 1.807) is 11.8 Å². The topological polar surface area (TPSA) is 38.3 Å². The van der Waals surface area contributed by atoms with Crippen LogP contribution in [-0.4, -0.2) is 24.8 Å². The van der Waals surface area contributed by atoms with Gasteiger partial charge in [0.1, 0.15) is 12.4 Å². The summed E-state index contributed by atoms with van der Waals surface area (Å²) >= 11 is 1.54. The van der Waals surface area contributed by atoms with Crippen molar-refractivity contribution in [2.45, 2.75) is 4.90 Å². The van der Waals surface area contributed by atoms with Gasteiger partial charge in [0.05, 0.1) is 12.3 Å². The fourth-order valence-electron chi connectivity index (χ4n) is 2.33. The van der Waals surface area contributed by atoms with Gasteiger partial charge >= 0.3 is 0 Å². The number of benzene rings is 3. The lowest BCUT2D eigenvalue weighted by molar-refractivity contribution is -0.118. The first kappa shape index (κ1) is 16.4. The van der Waals surface area contributed by atoms with Crippen molar-refractivity contribution in [1.29, 1.82) is 0 Å². The van der Waals surface area contributed by atoms with Crippen LogP contribution < -0.4 is 10.1 Å². The van der Waals surface area contributed by atoms with Gasteiger partial charge in [-0.3, -0.25) is 4.79 Å². The summed E-state index contributed by atoms with van der Waals surface area (Å²) in [6.07, 6.45) is 0. The van der Waals surface area contributed by atoms with Crippen molar-refractivity contribution in [2.24, 2.45) is 0 Å². The number of nitrogens with one attached hydrogen (secondary N) is 1. The van der Waals surface area contributed by atoms with E-state index in [2.05, 4.69) is 35.6 Å². The van der Waals surface area contributed by atoms with Gasteiger partial charge in [-0.1, -0.05) is 48.5 Å². The highest BCUT2D eigenvalue weighted by Gasteiger charge is 2.03. The molecular weight excluding hydrogens is 318 g/mol. The summed E-state index contributed by atoms with van der Waals surface area (Å²) in [4.78, 5) is 13.0. The highest BCUT2D eigenvalue weighted by molar-refractivity contribution is 8.00. The zero-order valence-corrected chi connectivity index (χ0v) is 14.1. The maximum atomic E-state index is 11.9. The Hall–Kier alpha value is -2.46. The molecule has 0 heterocycles. The van der Waals surface area contributed by atoms with E-state index >= 15 is 0 Å². The van der Waals surface area contributed by atoms with Gasteiger partial charge in [0.2, 0.25) is 5.91 Å². The number of thioether (sulfide) groups is 1. The Bertz CT molecular complexity index is 805. The van der Waals surface area contributed by atoms with Gasteiger partial charge in [0.15, 0.2) is 0 Å². The van der Waals surface area contributed by atoms with Crippen molar-refractivity contribution in [2.75, 3.05) is 18.9 Å². The van der Waals surface area contributed by atoms with Crippen LogP contribution >= 0.6 is 11.8 Å². The van der Waals surface area contributed by atoms with Crippen LogP contribution in [0.2, 0.25) is 0 Å². The van der Waals surface area contributed by atoms with Crippen LogP contribution in [0, 0.1) is 0 Å². The number of amides is 1. The van der Waals surface area contributed by atoms with Crippen LogP contribution in [0.15, 0.2) is 77.7 Å². The summed E-state index contributed by atoms with van der Waals surface area (Å²) in [5.41, 5.74) is 0. The van der Waals surface area contributed by atoms with Crippen LogP contribution in [0.25, 0.3) is 10.8 Å². The lowest BCUT2D eigenvalue weighted by atomic mass is 10.1. The summed E-state index contributed by atoms with van der Waals surface area (Å²) in [6.45, 7) is 0.975. The minimum atomic E-state index is 0.0184. The Morgan fingerprint density at radius 1 is 0.917 bits per heavy atom. The molecule has 0 aliphatic rings. The maximum absolute atomic E-state index is 11.9. The van der Waals surface area contributed by atoms with Crippen LogP contribution in [0.5, 0.6) is 5.75 Å². The van der Waals surface area contributed by atoms with E-state index in [4.69, 9.17) is 4.74 Å². The molecule has 0 bridgehead atoms. The number of carbonyl (C=O) groups excluding carboxylic acids is 1. The fraction of sp³-hybridized carbons (Fsp3) is 0.150. The first-order valence-corrected chi connectivity index (χ1v) is 8.86. The molecule has 0 spiro atoms. The van der Waals surface area contributed by atoms with Crippen molar-refractivity contribution in [3.8, 4) is 5.75 Å². The zero-order valence-electron chi connectivity index (χ0n) is 13.3. The van der Waals surface area contributed by atoms with E-state index in [1.165, 1.54) is 10.8 Å². The van der Waals surface area contributed by atoms with E-state index in [0.29, 0.717) is 18.9 Å². The smallest absolute Gasteiger partial charge is 0.230 e. The van der Waals surface area contributed by atoms with Crippen molar-refractivity contribution in [1.82, 2.24) is 5.32 Å². The average Bonchev–Trinajstić information content (AvgIpc) is 2.64. The standard InChI is InChI=1S/C20H19NO2S/c22-20(21-12-13-23-18-8-2-1-3-9-18)15-24-19-11-10-16-6-4-5-7-17(16)14-19/h1-11,14H,12-13,15H2,(H,21,22). The molecule has 0 radical (unpaired) electrons. The number of carbonyl (C=O) groups is 1. The number of hydrogen-bond acceptors (Lipinski definition) is 3. The zero-order chi connectivity index (χ0) is 16.6. The van der Waals surface area contributed by atoms with Gasteiger partial charge < -0.3 is 10.1 Å². The molecule has 0 atom stereocenters. The molecule has 0 saturated heterocycles. The van der Waals surface area contributed by atoms with E-state index in [1.807, 2.05) is 42.5 Å². The third-order valence-electron chi connectivity index (χ3n) is 3.53. The lowest BCUT2D eigenvalue weighted by Crippen LogP contribution is -2.29. The van der Waals surface area contributed by atoms with Crippen LogP contribution in [0.3, 0.4) is 0 Å². The average molecular weight is 337 g/mol. The van der Waals surface area contributed by atoms with Gasteiger partial charge in [0, 0.05) is 4.90 Å². The Labute approximate surface area is 146 Å². The number of rotatable bonds is 7. The molecule has 0 saturated carbocycles. The molecule has 3 nitrogen and oxygen atoms in total. The first-order chi connectivity index (χ1) is 11.8. The third kappa shape index (κ3) is 4.77. The second-order valence-electron chi connectivity index (χ2n) is 5.31. The highest BCUT2D eigenvalue weighted by atomic mass is 32.2. The van der Waals surface area contributed by atoms with Crippen molar-refractivity contribution in [3.05, 3.63) is 72.8 Å². The molecule has 1 N–H and O–H groups in total. The fourth-order valence-corrected chi connectivity index (χ4v) is 3.11. The maximum Gasteiger partial charge on any atom is 0.230 e. The van der Waals surface area contributed by atoms with Gasteiger partial charge in [-0.25, -0.2) is 0 Å². The monoisotopic (exact) mass is 337 g/mol. The summed E-state index contributed by atoms with van der Waals surface area (Å²) in [5.74, 6) is 1.24.